The van der Waals surface area contributed by atoms with Crippen LogP contribution in [0.5, 0.6) is 0 Å². The number of rotatable bonds is 5. The van der Waals surface area contributed by atoms with Crippen molar-refractivity contribution in [1.82, 2.24) is 15.2 Å². The highest BCUT2D eigenvalue weighted by Crippen LogP contribution is 2.35. The normalized spacial score (nSPS) is 11.2. The molecule has 2 heterocycles. The van der Waals surface area contributed by atoms with Crippen molar-refractivity contribution in [3.05, 3.63) is 30.0 Å². The maximum Gasteiger partial charge on any atom is 0.130 e. The summed E-state index contributed by atoms with van der Waals surface area (Å²) in [6.07, 6.45) is 3.14. The van der Waals surface area contributed by atoms with Crippen LogP contribution in [-0.2, 0) is 6.42 Å². The van der Waals surface area contributed by atoms with Gasteiger partial charge in [0.25, 0.3) is 0 Å². The quantitative estimate of drug-likeness (QED) is 0.540. The Balaban J connectivity index is 1.98. The zero-order valence-corrected chi connectivity index (χ0v) is 13.3. The van der Waals surface area contributed by atoms with Crippen LogP contribution in [0.3, 0.4) is 0 Å². The molecular formula is C14H15BrN4S. The van der Waals surface area contributed by atoms with Gasteiger partial charge in [-0.15, -0.1) is 11.3 Å². The van der Waals surface area contributed by atoms with Crippen LogP contribution in [-0.4, -0.2) is 20.5 Å². The van der Waals surface area contributed by atoms with Crippen LogP contribution in [0.15, 0.2) is 24.3 Å². The second-order valence-corrected chi connectivity index (χ2v) is 6.42. The zero-order valence-electron chi connectivity index (χ0n) is 10.9. The topological polar surface area (TPSA) is 67.6 Å². The van der Waals surface area contributed by atoms with Gasteiger partial charge in [-0.1, -0.05) is 28.1 Å². The lowest BCUT2D eigenvalue weighted by Crippen LogP contribution is -1.92. The van der Waals surface area contributed by atoms with Crippen LogP contribution >= 0.6 is 27.3 Å². The third-order valence-corrected chi connectivity index (χ3v) is 4.79. The summed E-state index contributed by atoms with van der Waals surface area (Å²) in [6.45, 7) is 0. The largest absolute Gasteiger partial charge is 0.383 e. The number of halogens is 1. The molecule has 20 heavy (non-hydrogen) atoms. The highest BCUT2D eigenvalue weighted by Gasteiger charge is 2.16. The van der Waals surface area contributed by atoms with Gasteiger partial charge >= 0.3 is 0 Å². The molecule has 0 fully saturated rings. The first-order valence-electron chi connectivity index (χ1n) is 6.54. The van der Waals surface area contributed by atoms with Gasteiger partial charge in [0.2, 0.25) is 0 Å². The first-order valence-corrected chi connectivity index (χ1v) is 8.48. The minimum Gasteiger partial charge on any atom is -0.383 e. The van der Waals surface area contributed by atoms with Gasteiger partial charge in [-0.3, -0.25) is 5.10 Å². The summed E-state index contributed by atoms with van der Waals surface area (Å²) >= 11 is 5.11. The molecule has 3 aromatic rings. The Morgan fingerprint density at radius 1 is 1.25 bits per heavy atom. The summed E-state index contributed by atoms with van der Waals surface area (Å²) in [5, 5.41) is 9.19. The van der Waals surface area contributed by atoms with E-state index in [0.29, 0.717) is 5.82 Å². The van der Waals surface area contributed by atoms with E-state index in [1.165, 1.54) is 4.70 Å². The summed E-state index contributed by atoms with van der Waals surface area (Å²) < 4.78 is 1.18. The second-order valence-electron chi connectivity index (χ2n) is 4.59. The highest BCUT2D eigenvalue weighted by molar-refractivity contribution is 9.09. The van der Waals surface area contributed by atoms with E-state index < -0.39 is 0 Å². The number of unbranched alkanes of at least 4 members (excludes halogenated alkanes) is 1. The molecule has 0 aliphatic rings. The van der Waals surface area contributed by atoms with Crippen molar-refractivity contribution in [2.24, 2.45) is 0 Å². The van der Waals surface area contributed by atoms with E-state index >= 15 is 0 Å². The van der Waals surface area contributed by atoms with E-state index in [-0.39, 0.29) is 0 Å². The molecule has 0 aliphatic heterocycles. The maximum absolute atomic E-state index is 6.04. The SMILES string of the molecule is Nc1[nH]nc(CCCCBr)c1-c1nc2ccccc2s1. The van der Waals surface area contributed by atoms with Crippen LogP contribution in [0, 0.1) is 0 Å². The molecule has 2 aromatic heterocycles. The number of aromatic amines is 1. The maximum atomic E-state index is 6.04. The molecule has 104 valence electrons. The molecule has 4 nitrogen and oxygen atoms in total. The lowest BCUT2D eigenvalue weighted by Gasteiger charge is -1.99. The first-order chi connectivity index (χ1) is 9.79. The number of para-hydroxylation sites is 1. The number of aryl methyl sites for hydroxylation is 1. The van der Waals surface area contributed by atoms with Crippen LogP contribution in [0.1, 0.15) is 18.5 Å². The summed E-state index contributed by atoms with van der Waals surface area (Å²) in [5.41, 5.74) is 9.04. The molecular weight excluding hydrogens is 336 g/mol. The number of anilines is 1. The molecule has 0 radical (unpaired) electrons. The highest BCUT2D eigenvalue weighted by atomic mass is 79.9. The van der Waals surface area contributed by atoms with Gasteiger partial charge in [0.15, 0.2) is 0 Å². The molecule has 0 amide bonds. The summed E-state index contributed by atoms with van der Waals surface area (Å²) in [4.78, 5) is 4.67. The Morgan fingerprint density at radius 2 is 2.10 bits per heavy atom. The number of fused-ring (bicyclic) bond motifs is 1. The number of hydrogen-bond donors (Lipinski definition) is 2. The summed E-state index contributed by atoms with van der Waals surface area (Å²) in [6, 6.07) is 8.13. The van der Waals surface area contributed by atoms with Crippen molar-refractivity contribution in [2.75, 3.05) is 11.1 Å². The van der Waals surface area contributed by atoms with Gasteiger partial charge in [-0.2, -0.15) is 5.10 Å². The number of aromatic nitrogens is 3. The Kier molecular flexibility index (Phi) is 4.03. The van der Waals surface area contributed by atoms with E-state index in [9.17, 15) is 0 Å². The number of hydrogen-bond acceptors (Lipinski definition) is 4. The summed E-state index contributed by atoms with van der Waals surface area (Å²) in [7, 11) is 0. The Bertz CT molecular complexity index is 686. The number of alkyl halides is 1. The number of nitrogens with zero attached hydrogens (tertiary/aromatic N) is 2. The average molecular weight is 351 g/mol. The van der Waals surface area contributed by atoms with E-state index in [2.05, 4.69) is 37.2 Å². The van der Waals surface area contributed by atoms with Gasteiger partial charge in [-0.25, -0.2) is 4.98 Å². The van der Waals surface area contributed by atoms with Crippen molar-refractivity contribution < 1.29 is 0 Å². The third-order valence-electron chi connectivity index (χ3n) is 3.17. The van der Waals surface area contributed by atoms with Crippen LogP contribution < -0.4 is 5.73 Å². The number of benzene rings is 1. The third kappa shape index (κ3) is 2.58. The minimum absolute atomic E-state index is 0.609. The van der Waals surface area contributed by atoms with E-state index in [1.807, 2.05) is 18.2 Å². The molecule has 0 bridgehead atoms. The van der Waals surface area contributed by atoms with Crippen molar-refractivity contribution in [1.29, 1.82) is 0 Å². The van der Waals surface area contributed by atoms with Crippen LogP contribution in [0.25, 0.3) is 20.8 Å². The van der Waals surface area contributed by atoms with Gasteiger partial charge in [-0.05, 0) is 31.4 Å². The predicted octanol–water partition coefficient (Wildman–Crippen LogP) is 3.99. The lowest BCUT2D eigenvalue weighted by molar-refractivity contribution is 0.782. The molecule has 3 rings (SSSR count). The van der Waals surface area contributed by atoms with Crippen molar-refractivity contribution in [2.45, 2.75) is 19.3 Å². The standard InChI is InChI=1S/C14H15BrN4S/c15-8-4-3-6-10-12(13(16)19-18-10)14-17-9-5-1-2-7-11(9)20-14/h1-2,5,7H,3-4,6,8H2,(H3,16,18,19). The number of thiazole rings is 1. The molecule has 1 aromatic carbocycles. The monoisotopic (exact) mass is 350 g/mol. The molecule has 0 saturated heterocycles. The molecule has 3 N–H and O–H groups in total. The average Bonchev–Trinajstić information content (AvgIpc) is 3.02. The first kappa shape index (κ1) is 13.6. The molecule has 0 atom stereocenters. The molecule has 0 spiro atoms. The molecule has 0 aliphatic carbocycles. The van der Waals surface area contributed by atoms with Gasteiger partial charge in [0, 0.05) is 5.33 Å². The molecule has 0 unspecified atom stereocenters. The molecule has 0 saturated carbocycles. The smallest absolute Gasteiger partial charge is 0.130 e. The predicted molar refractivity (Wildman–Crippen MR) is 88.3 cm³/mol. The fourth-order valence-electron chi connectivity index (χ4n) is 2.18. The zero-order chi connectivity index (χ0) is 13.9. The van der Waals surface area contributed by atoms with E-state index in [4.69, 9.17) is 5.73 Å². The van der Waals surface area contributed by atoms with Crippen molar-refractivity contribution in [3.8, 4) is 10.6 Å². The van der Waals surface area contributed by atoms with Gasteiger partial charge in [0.05, 0.1) is 21.5 Å². The van der Waals surface area contributed by atoms with Crippen LogP contribution in [0.2, 0.25) is 0 Å². The Morgan fingerprint density at radius 3 is 2.90 bits per heavy atom. The minimum atomic E-state index is 0.609. The van der Waals surface area contributed by atoms with Crippen molar-refractivity contribution in [3.63, 3.8) is 0 Å². The number of H-pyrrole nitrogens is 1. The number of nitrogen functional groups attached to an aromatic ring is 1. The summed E-state index contributed by atoms with van der Waals surface area (Å²) in [5.74, 6) is 0.609. The Labute approximate surface area is 129 Å². The van der Waals surface area contributed by atoms with Crippen molar-refractivity contribution >= 4 is 43.3 Å². The second kappa shape index (κ2) is 5.93. The van der Waals surface area contributed by atoms with Gasteiger partial charge in [0.1, 0.15) is 10.8 Å². The van der Waals surface area contributed by atoms with E-state index in [1.54, 1.807) is 11.3 Å². The Hall–Kier alpha value is -1.40. The lowest BCUT2D eigenvalue weighted by atomic mass is 10.1. The van der Waals surface area contributed by atoms with Gasteiger partial charge < -0.3 is 5.73 Å². The van der Waals surface area contributed by atoms with E-state index in [0.717, 1.165) is 46.4 Å². The van der Waals surface area contributed by atoms with Crippen LogP contribution in [0.4, 0.5) is 5.82 Å². The molecule has 6 heteroatoms. The fourth-order valence-corrected chi connectivity index (χ4v) is 3.62. The number of nitrogens with one attached hydrogen (secondary N) is 1. The number of nitrogens with two attached hydrogens (primary N) is 1. The fraction of sp³-hybridized carbons (Fsp3) is 0.286.